The number of hydrogen-bond acceptors (Lipinski definition) is 4. The Kier molecular flexibility index (Phi) is 10.1. The van der Waals surface area contributed by atoms with E-state index in [1.54, 1.807) is 42.5 Å². The Morgan fingerprint density at radius 3 is 2.34 bits per heavy atom. The Balaban J connectivity index is 2.04. The summed E-state index contributed by atoms with van der Waals surface area (Å²) in [6, 6.07) is 12.2. The van der Waals surface area contributed by atoms with Crippen molar-refractivity contribution in [3.63, 3.8) is 0 Å². The first-order valence-corrected chi connectivity index (χ1v) is 11.9. The van der Waals surface area contributed by atoms with Gasteiger partial charge in [-0.3, -0.25) is 14.9 Å². The Bertz CT molecular complexity index is 959. The lowest BCUT2D eigenvalue weighted by molar-refractivity contribution is 0.0755. The molecule has 0 saturated heterocycles. The summed E-state index contributed by atoms with van der Waals surface area (Å²) in [6.45, 7) is 9.41. The van der Waals surface area contributed by atoms with Gasteiger partial charge in [0.05, 0.1) is 10.6 Å². The predicted octanol–water partition coefficient (Wildman–Crippen LogP) is 5.63. The molecular formula is C24H30BrN3O3S. The highest BCUT2D eigenvalue weighted by Gasteiger charge is 2.15. The molecule has 8 heteroatoms. The number of rotatable bonds is 9. The quantitative estimate of drug-likeness (QED) is 0.420. The minimum absolute atomic E-state index is 0.0131. The fourth-order valence-corrected chi connectivity index (χ4v) is 3.78. The molecule has 2 rings (SSSR count). The van der Waals surface area contributed by atoms with Crippen molar-refractivity contribution in [1.82, 2.24) is 10.2 Å². The molecule has 2 aromatic carbocycles. The number of amides is 2. The Labute approximate surface area is 203 Å². The maximum Gasteiger partial charge on any atom is 0.257 e. The summed E-state index contributed by atoms with van der Waals surface area (Å²) in [5.74, 6) is 0.309. The fourth-order valence-electron chi connectivity index (χ4n) is 3.10. The van der Waals surface area contributed by atoms with Crippen molar-refractivity contribution in [2.75, 3.05) is 18.4 Å². The fraction of sp³-hybridized carbons (Fsp3) is 0.375. The number of thiocarbonyl (C=S) groups is 1. The molecule has 0 unspecified atom stereocenters. The van der Waals surface area contributed by atoms with E-state index >= 15 is 0 Å². The zero-order valence-corrected chi connectivity index (χ0v) is 21.3. The van der Waals surface area contributed by atoms with Crippen molar-refractivity contribution in [2.24, 2.45) is 0 Å². The molecule has 0 fully saturated rings. The molecule has 0 spiro atoms. The van der Waals surface area contributed by atoms with Crippen molar-refractivity contribution < 1.29 is 14.3 Å². The Morgan fingerprint density at radius 1 is 1.06 bits per heavy atom. The maximum atomic E-state index is 12.8. The standard InChI is InChI=1S/C24H30BrN3O3S/c1-5-12-28(13-6-2)23(30)18-8-7-9-19(14-18)26-24(32)27-22(29)17-10-11-21(20(25)15-17)31-16(3)4/h7-11,14-16H,5-6,12-13H2,1-4H3,(H2,26,27,29,32). The number of ether oxygens (including phenoxy) is 1. The van der Waals surface area contributed by atoms with Crippen molar-refractivity contribution >= 4 is 50.8 Å². The highest BCUT2D eigenvalue weighted by atomic mass is 79.9. The minimum Gasteiger partial charge on any atom is -0.490 e. The predicted molar refractivity (Wildman–Crippen MR) is 137 cm³/mol. The largest absolute Gasteiger partial charge is 0.490 e. The molecule has 2 aromatic rings. The van der Waals surface area contributed by atoms with Crippen LogP contribution in [0.1, 0.15) is 61.3 Å². The van der Waals surface area contributed by atoms with Crippen molar-refractivity contribution in [3.8, 4) is 5.75 Å². The van der Waals surface area contributed by atoms with E-state index in [-0.39, 0.29) is 23.0 Å². The van der Waals surface area contributed by atoms with Crippen LogP contribution in [0.5, 0.6) is 5.75 Å². The van der Waals surface area contributed by atoms with Crippen LogP contribution in [-0.4, -0.2) is 41.0 Å². The average Bonchev–Trinajstić information content (AvgIpc) is 2.74. The SMILES string of the molecule is CCCN(CCC)C(=O)c1cccc(NC(=S)NC(=O)c2ccc(OC(C)C)c(Br)c2)c1. The van der Waals surface area contributed by atoms with Crippen LogP contribution < -0.4 is 15.4 Å². The van der Waals surface area contributed by atoms with Gasteiger partial charge in [0, 0.05) is 29.9 Å². The van der Waals surface area contributed by atoms with E-state index in [4.69, 9.17) is 17.0 Å². The van der Waals surface area contributed by atoms with Crippen LogP contribution in [0.2, 0.25) is 0 Å². The third-order valence-corrected chi connectivity index (χ3v) is 5.25. The molecule has 0 atom stereocenters. The van der Waals surface area contributed by atoms with Gasteiger partial charge in [0.1, 0.15) is 5.75 Å². The number of hydrogen-bond donors (Lipinski definition) is 2. The molecule has 32 heavy (non-hydrogen) atoms. The lowest BCUT2D eigenvalue weighted by atomic mass is 10.1. The van der Waals surface area contributed by atoms with Gasteiger partial charge in [-0.05, 0) is 91.2 Å². The van der Waals surface area contributed by atoms with Crippen LogP contribution in [0.4, 0.5) is 5.69 Å². The highest BCUT2D eigenvalue weighted by molar-refractivity contribution is 9.10. The van der Waals surface area contributed by atoms with Gasteiger partial charge in [0.25, 0.3) is 11.8 Å². The van der Waals surface area contributed by atoms with Crippen molar-refractivity contribution in [1.29, 1.82) is 0 Å². The van der Waals surface area contributed by atoms with Gasteiger partial charge < -0.3 is 15.0 Å². The minimum atomic E-state index is -0.344. The monoisotopic (exact) mass is 519 g/mol. The summed E-state index contributed by atoms with van der Waals surface area (Å²) in [5, 5.41) is 5.80. The number of carbonyl (C=O) groups is 2. The van der Waals surface area contributed by atoms with Crippen LogP contribution in [-0.2, 0) is 0 Å². The molecule has 0 radical (unpaired) electrons. The second-order valence-electron chi connectivity index (χ2n) is 7.59. The first-order valence-electron chi connectivity index (χ1n) is 10.7. The molecule has 0 saturated carbocycles. The smallest absolute Gasteiger partial charge is 0.257 e. The third kappa shape index (κ3) is 7.60. The normalized spacial score (nSPS) is 10.6. The second kappa shape index (κ2) is 12.6. The zero-order valence-electron chi connectivity index (χ0n) is 18.9. The summed E-state index contributed by atoms with van der Waals surface area (Å²) in [7, 11) is 0. The van der Waals surface area contributed by atoms with Crippen LogP contribution in [0, 0.1) is 0 Å². The number of nitrogens with zero attached hydrogens (tertiary/aromatic N) is 1. The van der Waals surface area contributed by atoms with Gasteiger partial charge in [0.2, 0.25) is 0 Å². The molecule has 6 nitrogen and oxygen atoms in total. The zero-order chi connectivity index (χ0) is 23.7. The number of carbonyl (C=O) groups excluding carboxylic acids is 2. The Morgan fingerprint density at radius 2 is 1.75 bits per heavy atom. The lowest BCUT2D eigenvalue weighted by Gasteiger charge is -2.22. The number of anilines is 1. The summed E-state index contributed by atoms with van der Waals surface area (Å²) < 4.78 is 6.36. The molecule has 0 bridgehead atoms. The van der Waals surface area contributed by atoms with Crippen LogP contribution in [0.3, 0.4) is 0 Å². The number of halogens is 1. The van der Waals surface area contributed by atoms with Gasteiger partial charge in [-0.25, -0.2) is 0 Å². The van der Waals surface area contributed by atoms with Crippen LogP contribution in [0.25, 0.3) is 0 Å². The summed E-state index contributed by atoms with van der Waals surface area (Å²) in [4.78, 5) is 27.3. The first kappa shape index (κ1) is 25.8. The van der Waals surface area contributed by atoms with Gasteiger partial charge >= 0.3 is 0 Å². The molecule has 172 valence electrons. The van der Waals surface area contributed by atoms with Crippen LogP contribution in [0.15, 0.2) is 46.9 Å². The maximum absolute atomic E-state index is 12.8. The van der Waals surface area contributed by atoms with Crippen molar-refractivity contribution in [2.45, 2.75) is 46.6 Å². The summed E-state index contributed by atoms with van der Waals surface area (Å²) in [6.07, 6.45) is 1.84. The van der Waals surface area contributed by atoms with E-state index in [2.05, 4.69) is 40.4 Å². The van der Waals surface area contributed by atoms with E-state index in [1.165, 1.54) is 0 Å². The third-order valence-electron chi connectivity index (χ3n) is 4.43. The van der Waals surface area contributed by atoms with Crippen LogP contribution >= 0.6 is 28.1 Å². The molecule has 0 heterocycles. The molecular weight excluding hydrogens is 490 g/mol. The first-order chi connectivity index (χ1) is 15.2. The second-order valence-corrected chi connectivity index (χ2v) is 8.86. The average molecular weight is 520 g/mol. The molecule has 0 aliphatic rings. The lowest BCUT2D eigenvalue weighted by Crippen LogP contribution is -2.34. The van der Waals surface area contributed by atoms with E-state index < -0.39 is 0 Å². The topological polar surface area (TPSA) is 70.7 Å². The van der Waals surface area contributed by atoms with Gasteiger partial charge in [-0.2, -0.15) is 0 Å². The molecule has 2 N–H and O–H groups in total. The van der Waals surface area contributed by atoms with Gasteiger partial charge in [0.15, 0.2) is 5.11 Å². The Hall–Kier alpha value is -2.45. The summed E-state index contributed by atoms with van der Waals surface area (Å²) in [5.41, 5.74) is 1.66. The molecule has 2 amide bonds. The van der Waals surface area contributed by atoms with Crippen molar-refractivity contribution in [3.05, 3.63) is 58.1 Å². The van der Waals surface area contributed by atoms with Gasteiger partial charge in [-0.1, -0.05) is 19.9 Å². The molecule has 0 aliphatic heterocycles. The number of nitrogens with one attached hydrogen (secondary N) is 2. The molecule has 0 aromatic heterocycles. The van der Waals surface area contributed by atoms with E-state index in [9.17, 15) is 9.59 Å². The highest BCUT2D eigenvalue weighted by Crippen LogP contribution is 2.27. The molecule has 0 aliphatic carbocycles. The van der Waals surface area contributed by atoms with E-state index in [0.717, 1.165) is 25.9 Å². The van der Waals surface area contributed by atoms with E-state index in [1.807, 2.05) is 18.7 Å². The number of benzene rings is 2. The van der Waals surface area contributed by atoms with Gasteiger partial charge in [-0.15, -0.1) is 0 Å². The summed E-state index contributed by atoms with van der Waals surface area (Å²) >= 11 is 8.73. The van der Waals surface area contributed by atoms with E-state index in [0.29, 0.717) is 27.0 Å².